The van der Waals surface area contributed by atoms with Crippen LogP contribution in [0.3, 0.4) is 0 Å². The maximum absolute atomic E-state index is 13.9. The highest BCUT2D eigenvalue weighted by molar-refractivity contribution is 5.87. The van der Waals surface area contributed by atoms with E-state index in [2.05, 4.69) is 5.32 Å². The Kier molecular flexibility index (Phi) is 6.51. The third kappa shape index (κ3) is 5.04. The number of amides is 2. The second kappa shape index (κ2) is 8.82. The number of para-hydroxylation sites is 1. The van der Waals surface area contributed by atoms with Crippen molar-refractivity contribution in [3.05, 3.63) is 66.0 Å². The molecule has 2 aromatic rings. The second-order valence-electron chi connectivity index (χ2n) is 5.51. The monoisotopic (exact) mass is 344 g/mol. The van der Waals surface area contributed by atoms with E-state index in [0.29, 0.717) is 11.3 Å². The van der Waals surface area contributed by atoms with Crippen molar-refractivity contribution in [1.82, 2.24) is 10.2 Å². The molecule has 0 aliphatic rings. The molecule has 0 saturated heterocycles. The molecule has 132 valence electrons. The fourth-order valence-corrected chi connectivity index (χ4v) is 2.35. The van der Waals surface area contributed by atoms with Gasteiger partial charge in [-0.05, 0) is 25.1 Å². The van der Waals surface area contributed by atoms with Crippen molar-refractivity contribution in [3.8, 4) is 5.75 Å². The minimum Gasteiger partial charge on any atom is -0.484 e. The van der Waals surface area contributed by atoms with Crippen LogP contribution < -0.4 is 10.1 Å². The standard InChI is InChI=1S/C19H21FN2O3/c1-14(19(24)21-2)22(12-15-8-6-7-11-17(15)20)18(23)13-25-16-9-4-3-5-10-16/h3-11,14H,12-13H2,1-2H3,(H,21,24). The molecule has 0 heterocycles. The first-order chi connectivity index (χ1) is 12.0. The Labute approximate surface area is 146 Å². The molecule has 0 saturated carbocycles. The molecule has 5 nitrogen and oxygen atoms in total. The Bertz CT molecular complexity index is 722. The number of carbonyl (C=O) groups excluding carboxylic acids is 2. The molecule has 2 amide bonds. The van der Waals surface area contributed by atoms with Crippen molar-refractivity contribution in [2.45, 2.75) is 19.5 Å². The normalized spacial score (nSPS) is 11.5. The highest BCUT2D eigenvalue weighted by Gasteiger charge is 2.26. The maximum Gasteiger partial charge on any atom is 0.261 e. The molecule has 1 atom stereocenters. The number of hydrogen-bond donors (Lipinski definition) is 1. The lowest BCUT2D eigenvalue weighted by Crippen LogP contribution is -2.48. The van der Waals surface area contributed by atoms with E-state index in [1.807, 2.05) is 6.07 Å². The van der Waals surface area contributed by atoms with Gasteiger partial charge in [-0.3, -0.25) is 9.59 Å². The average Bonchev–Trinajstić information content (AvgIpc) is 2.65. The molecular weight excluding hydrogens is 323 g/mol. The fraction of sp³-hybridized carbons (Fsp3) is 0.263. The molecule has 2 rings (SSSR count). The highest BCUT2D eigenvalue weighted by atomic mass is 19.1. The molecule has 0 radical (unpaired) electrons. The van der Waals surface area contributed by atoms with Gasteiger partial charge in [0.1, 0.15) is 17.6 Å². The number of nitrogens with zero attached hydrogens (tertiary/aromatic N) is 1. The number of hydrogen-bond acceptors (Lipinski definition) is 3. The van der Waals surface area contributed by atoms with Gasteiger partial charge in [-0.1, -0.05) is 36.4 Å². The van der Waals surface area contributed by atoms with E-state index in [0.717, 1.165) is 0 Å². The van der Waals surface area contributed by atoms with Gasteiger partial charge < -0.3 is 15.0 Å². The molecule has 0 aliphatic heterocycles. The summed E-state index contributed by atoms with van der Waals surface area (Å²) in [4.78, 5) is 25.9. The Morgan fingerprint density at radius 2 is 1.76 bits per heavy atom. The van der Waals surface area contributed by atoms with Crippen LogP contribution in [0.25, 0.3) is 0 Å². The summed E-state index contributed by atoms with van der Waals surface area (Å²) in [6.45, 7) is 1.35. The summed E-state index contributed by atoms with van der Waals surface area (Å²) in [5, 5.41) is 2.51. The van der Waals surface area contributed by atoms with Gasteiger partial charge in [0.15, 0.2) is 6.61 Å². The van der Waals surface area contributed by atoms with Crippen LogP contribution in [0.2, 0.25) is 0 Å². The fourth-order valence-electron chi connectivity index (χ4n) is 2.35. The zero-order chi connectivity index (χ0) is 18.2. The van der Waals surface area contributed by atoms with Crippen LogP contribution in [0.5, 0.6) is 5.75 Å². The molecule has 0 aromatic heterocycles. The molecule has 0 bridgehead atoms. The Balaban J connectivity index is 2.14. The van der Waals surface area contributed by atoms with Gasteiger partial charge in [-0.25, -0.2) is 4.39 Å². The molecular formula is C19H21FN2O3. The van der Waals surface area contributed by atoms with Crippen LogP contribution in [0, 0.1) is 5.82 Å². The summed E-state index contributed by atoms with van der Waals surface area (Å²) in [7, 11) is 1.49. The van der Waals surface area contributed by atoms with E-state index in [1.165, 1.54) is 18.0 Å². The summed E-state index contributed by atoms with van der Waals surface area (Å²) in [6.07, 6.45) is 0. The van der Waals surface area contributed by atoms with E-state index < -0.39 is 17.8 Å². The number of nitrogens with one attached hydrogen (secondary N) is 1. The Morgan fingerprint density at radius 1 is 1.12 bits per heavy atom. The number of benzene rings is 2. The molecule has 2 aromatic carbocycles. The van der Waals surface area contributed by atoms with Gasteiger partial charge in [0, 0.05) is 19.2 Å². The van der Waals surface area contributed by atoms with Crippen LogP contribution in [-0.4, -0.2) is 36.4 Å². The molecule has 1 unspecified atom stereocenters. The maximum atomic E-state index is 13.9. The summed E-state index contributed by atoms with van der Waals surface area (Å²) in [6, 6.07) is 14.3. The van der Waals surface area contributed by atoms with E-state index in [-0.39, 0.29) is 19.1 Å². The number of carbonyl (C=O) groups is 2. The first-order valence-corrected chi connectivity index (χ1v) is 7.95. The first kappa shape index (κ1) is 18.4. The number of likely N-dealkylation sites (N-methyl/N-ethyl adjacent to an activating group) is 1. The third-order valence-electron chi connectivity index (χ3n) is 3.82. The Hall–Kier alpha value is -2.89. The van der Waals surface area contributed by atoms with Crippen molar-refractivity contribution in [3.63, 3.8) is 0 Å². The average molecular weight is 344 g/mol. The van der Waals surface area contributed by atoms with Crippen molar-refractivity contribution in [2.75, 3.05) is 13.7 Å². The van der Waals surface area contributed by atoms with Crippen molar-refractivity contribution in [1.29, 1.82) is 0 Å². The Morgan fingerprint density at radius 3 is 2.40 bits per heavy atom. The quantitative estimate of drug-likeness (QED) is 0.839. The molecule has 25 heavy (non-hydrogen) atoms. The summed E-state index contributed by atoms with van der Waals surface area (Å²) in [5.74, 6) is -0.602. The van der Waals surface area contributed by atoms with Gasteiger partial charge >= 0.3 is 0 Å². The largest absolute Gasteiger partial charge is 0.484 e. The number of halogens is 1. The number of rotatable bonds is 7. The number of ether oxygens (including phenoxy) is 1. The van der Waals surface area contributed by atoms with Crippen molar-refractivity contribution >= 4 is 11.8 Å². The summed E-state index contributed by atoms with van der Waals surface area (Å²) >= 11 is 0. The lowest BCUT2D eigenvalue weighted by molar-refractivity contribution is -0.142. The van der Waals surface area contributed by atoms with E-state index in [4.69, 9.17) is 4.74 Å². The second-order valence-corrected chi connectivity index (χ2v) is 5.51. The SMILES string of the molecule is CNC(=O)C(C)N(Cc1ccccc1F)C(=O)COc1ccccc1. The van der Waals surface area contributed by atoms with Gasteiger partial charge in [0.05, 0.1) is 0 Å². The molecule has 0 aliphatic carbocycles. The third-order valence-corrected chi connectivity index (χ3v) is 3.82. The van der Waals surface area contributed by atoms with Crippen LogP contribution in [0.1, 0.15) is 12.5 Å². The smallest absolute Gasteiger partial charge is 0.261 e. The lowest BCUT2D eigenvalue weighted by Gasteiger charge is -2.28. The van der Waals surface area contributed by atoms with Crippen LogP contribution in [-0.2, 0) is 16.1 Å². The molecule has 6 heteroatoms. The topological polar surface area (TPSA) is 58.6 Å². The molecule has 1 N–H and O–H groups in total. The summed E-state index contributed by atoms with van der Waals surface area (Å²) < 4.78 is 19.4. The minimum atomic E-state index is -0.753. The zero-order valence-electron chi connectivity index (χ0n) is 14.2. The van der Waals surface area contributed by atoms with Crippen LogP contribution in [0.15, 0.2) is 54.6 Å². The van der Waals surface area contributed by atoms with Gasteiger partial charge in [0.2, 0.25) is 5.91 Å². The molecule has 0 spiro atoms. The minimum absolute atomic E-state index is 0.0156. The predicted molar refractivity (Wildman–Crippen MR) is 92.4 cm³/mol. The van der Waals surface area contributed by atoms with Crippen molar-refractivity contribution < 1.29 is 18.7 Å². The van der Waals surface area contributed by atoms with Crippen LogP contribution >= 0.6 is 0 Å². The predicted octanol–water partition coefficient (Wildman–Crippen LogP) is 2.37. The zero-order valence-corrected chi connectivity index (χ0v) is 14.2. The van der Waals surface area contributed by atoms with Gasteiger partial charge in [-0.2, -0.15) is 0 Å². The summed E-state index contributed by atoms with van der Waals surface area (Å²) in [5.41, 5.74) is 0.339. The van der Waals surface area contributed by atoms with Gasteiger partial charge in [0.25, 0.3) is 5.91 Å². The van der Waals surface area contributed by atoms with Gasteiger partial charge in [-0.15, -0.1) is 0 Å². The van der Waals surface area contributed by atoms with E-state index in [1.54, 1.807) is 49.4 Å². The van der Waals surface area contributed by atoms with Crippen molar-refractivity contribution in [2.24, 2.45) is 0 Å². The first-order valence-electron chi connectivity index (χ1n) is 7.95. The van der Waals surface area contributed by atoms with E-state index in [9.17, 15) is 14.0 Å². The lowest BCUT2D eigenvalue weighted by atomic mass is 10.1. The van der Waals surface area contributed by atoms with Crippen LogP contribution in [0.4, 0.5) is 4.39 Å². The molecule has 0 fully saturated rings. The van der Waals surface area contributed by atoms with E-state index >= 15 is 0 Å². The highest BCUT2D eigenvalue weighted by Crippen LogP contribution is 2.14.